The fraction of sp³-hybridized carbons (Fsp3) is 0.176. The van der Waals surface area contributed by atoms with Crippen molar-refractivity contribution in [1.82, 2.24) is 5.32 Å². The van der Waals surface area contributed by atoms with Gasteiger partial charge < -0.3 is 10.1 Å². The molecule has 0 heterocycles. The average molecular weight is 398 g/mol. The number of rotatable bonds is 6. The van der Waals surface area contributed by atoms with Crippen LogP contribution in [0.5, 0.6) is 0 Å². The number of carbonyl (C=O) groups is 2. The van der Waals surface area contributed by atoms with E-state index in [0.717, 1.165) is 6.07 Å². The fourth-order valence-electron chi connectivity index (χ4n) is 1.95. The van der Waals surface area contributed by atoms with Gasteiger partial charge in [0.2, 0.25) is 0 Å². The lowest BCUT2D eigenvalue weighted by Gasteiger charge is -2.08. The maximum atomic E-state index is 13.6. The topological polar surface area (TPSA) is 55.4 Å². The minimum Gasteiger partial charge on any atom is -0.452 e. The molecule has 0 saturated heterocycles. The first-order valence-corrected chi connectivity index (χ1v) is 7.89. The van der Waals surface area contributed by atoms with Gasteiger partial charge in [-0.2, -0.15) is 0 Å². The minimum absolute atomic E-state index is 0.198. The predicted octanol–water partition coefficient (Wildman–Crippen LogP) is 3.24. The third-order valence-corrected chi connectivity index (χ3v) is 3.65. The number of hydrogen-bond acceptors (Lipinski definition) is 3. The lowest BCUT2D eigenvalue weighted by atomic mass is 10.1. The van der Waals surface area contributed by atoms with E-state index < -0.39 is 24.3 Å². The van der Waals surface area contributed by atoms with Crippen molar-refractivity contribution < 1.29 is 23.1 Å². The van der Waals surface area contributed by atoms with Crippen molar-refractivity contribution in [3.63, 3.8) is 0 Å². The summed E-state index contributed by atoms with van der Waals surface area (Å²) in [5, 5.41) is 2.50. The zero-order valence-corrected chi connectivity index (χ0v) is 14.1. The molecule has 2 aromatic carbocycles. The third kappa shape index (κ3) is 5.13. The molecular formula is C17H14BrF2NO3. The second-order valence-corrected chi connectivity index (χ2v) is 5.81. The molecule has 2 rings (SSSR count). The van der Waals surface area contributed by atoms with Crippen LogP contribution in [-0.2, 0) is 16.0 Å². The summed E-state index contributed by atoms with van der Waals surface area (Å²) >= 11 is 3.08. The largest absolute Gasteiger partial charge is 0.452 e. The Morgan fingerprint density at radius 2 is 1.83 bits per heavy atom. The van der Waals surface area contributed by atoms with Crippen LogP contribution in [0.4, 0.5) is 8.78 Å². The molecule has 0 saturated carbocycles. The number of amides is 1. The first-order valence-electron chi connectivity index (χ1n) is 7.09. The Labute approximate surface area is 145 Å². The smallest absolute Gasteiger partial charge is 0.341 e. The Morgan fingerprint density at radius 1 is 1.08 bits per heavy atom. The predicted molar refractivity (Wildman–Crippen MR) is 87.5 cm³/mol. The van der Waals surface area contributed by atoms with Crippen LogP contribution in [-0.4, -0.2) is 25.0 Å². The van der Waals surface area contributed by atoms with Crippen molar-refractivity contribution in [2.24, 2.45) is 0 Å². The maximum Gasteiger partial charge on any atom is 0.341 e. The Bertz CT molecular complexity index is 752. The van der Waals surface area contributed by atoms with Crippen molar-refractivity contribution >= 4 is 27.8 Å². The summed E-state index contributed by atoms with van der Waals surface area (Å²) in [5.41, 5.74) is 0.226. The van der Waals surface area contributed by atoms with Crippen LogP contribution in [0.1, 0.15) is 15.9 Å². The highest BCUT2D eigenvalue weighted by Crippen LogP contribution is 2.16. The molecule has 0 radical (unpaired) electrons. The van der Waals surface area contributed by atoms with Crippen LogP contribution in [0.2, 0.25) is 0 Å². The molecule has 0 fully saturated rings. The molecule has 1 amide bonds. The molecule has 2 aromatic rings. The van der Waals surface area contributed by atoms with Gasteiger partial charge in [0.15, 0.2) is 6.61 Å². The monoisotopic (exact) mass is 397 g/mol. The van der Waals surface area contributed by atoms with Crippen molar-refractivity contribution in [3.8, 4) is 0 Å². The molecule has 7 heteroatoms. The van der Waals surface area contributed by atoms with Gasteiger partial charge in [-0.25, -0.2) is 13.6 Å². The fourth-order valence-corrected chi connectivity index (χ4v) is 2.29. The van der Waals surface area contributed by atoms with Crippen molar-refractivity contribution in [2.75, 3.05) is 13.2 Å². The lowest BCUT2D eigenvalue weighted by molar-refractivity contribution is -0.124. The number of ether oxygens (including phenoxy) is 1. The van der Waals surface area contributed by atoms with Crippen LogP contribution in [0.3, 0.4) is 0 Å². The average Bonchev–Trinajstić information content (AvgIpc) is 2.54. The molecule has 0 atom stereocenters. The van der Waals surface area contributed by atoms with Crippen LogP contribution in [0.15, 0.2) is 46.9 Å². The summed E-state index contributed by atoms with van der Waals surface area (Å²) in [5.74, 6) is -2.56. The molecule has 4 nitrogen and oxygen atoms in total. The first kappa shape index (κ1) is 18.1. The molecular weight excluding hydrogens is 384 g/mol. The quantitative estimate of drug-likeness (QED) is 0.761. The van der Waals surface area contributed by atoms with Crippen LogP contribution in [0.25, 0.3) is 0 Å². The molecule has 0 unspecified atom stereocenters. The number of hydrogen-bond donors (Lipinski definition) is 1. The summed E-state index contributed by atoms with van der Waals surface area (Å²) < 4.78 is 32.2. The Morgan fingerprint density at radius 3 is 2.54 bits per heavy atom. The van der Waals surface area contributed by atoms with E-state index in [0.29, 0.717) is 16.5 Å². The molecule has 1 N–H and O–H groups in total. The summed E-state index contributed by atoms with van der Waals surface area (Å²) in [6.45, 7) is -0.338. The van der Waals surface area contributed by atoms with Gasteiger partial charge in [0.25, 0.3) is 5.91 Å². The van der Waals surface area contributed by atoms with Crippen molar-refractivity contribution in [1.29, 1.82) is 0 Å². The van der Waals surface area contributed by atoms with Crippen molar-refractivity contribution in [3.05, 3.63) is 69.7 Å². The zero-order chi connectivity index (χ0) is 17.5. The summed E-state index contributed by atoms with van der Waals surface area (Å²) in [7, 11) is 0. The summed E-state index contributed by atoms with van der Waals surface area (Å²) in [6.07, 6.45) is 0.313. The lowest BCUT2D eigenvalue weighted by Crippen LogP contribution is -2.30. The Balaban J connectivity index is 1.77. The van der Waals surface area contributed by atoms with E-state index in [1.165, 1.54) is 18.2 Å². The highest BCUT2D eigenvalue weighted by molar-refractivity contribution is 9.10. The van der Waals surface area contributed by atoms with Gasteiger partial charge in [0, 0.05) is 11.0 Å². The van der Waals surface area contributed by atoms with Gasteiger partial charge in [-0.1, -0.05) is 34.1 Å². The van der Waals surface area contributed by atoms with Gasteiger partial charge in [-0.3, -0.25) is 4.79 Å². The second-order valence-electron chi connectivity index (χ2n) is 4.89. The summed E-state index contributed by atoms with van der Waals surface area (Å²) in [4.78, 5) is 23.3. The molecule has 0 spiro atoms. The molecule has 0 bridgehead atoms. The molecule has 0 aliphatic carbocycles. The number of carbonyl (C=O) groups excluding carboxylic acids is 2. The van der Waals surface area contributed by atoms with E-state index in [4.69, 9.17) is 4.74 Å². The van der Waals surface area contributed by atoms with Gasteiger partial charge in [0.05, 0.1) is 5.56 Å². The van der Waals surface area contributed by atoms with E-state index in [1.54, 1.807) is 18.2 Å². The Hall–Kier alpha value is -2.28. The van der Waals surface area contributed by atoms with E-state index in [-0.39, 0.29) is 17.9 Å². The highest BCUT2D eigenvalue weighted by Gasteiger charge is 2.15. The number of nitrogens with one attached hydrogen (secondary N) is 1. The van der Waals surface area contributed by atoms with Crippen LogP contribution < -0.4 is 5.32 Å². The van der Waals surface area contributed by atoms with Gasteiger partial charge in [-0.05, 0) is 36.2 Å². The van der Waals surface area contributed by atoms with E-state index in [9.17, 15) is 18.4 Å². The van der Waals surface area contributed by atoms with Gasteiger partial charge >= 0.3 is 5.97 Å². The highest BCUT2D eigenvalue weighted by atomic mass is 79.9. The van der Waals surface area contributed by atoms with E-state index in [2.05, 4.69) is 21.2 Å². The number of esters is 1. The zero-order valence-electron chi connectivity index (χ0n) is 12.5. The molecule has 24 heavy (non-hydrogen) atoms. The van der Waals surface area contributed by atoms with E-state index in [1.807, 2.05) is 0 Å². The minimum atomic E-state index is -0.927. The SMILES string of the molecule is O=C(COC(=O)c1ccc(Br)cc1F)NCCc1ccccc1F. The Kier molecular flexibility index (Phi) is 6.43. The standard InChI is InChI=1S/C17H14BrF2NO3/c18-12-5-6-13(15(20)9-12)17(23)24-10-16(22)21-8-7-11-3-1-2-4-14(11)19/h1-6,9H,7-8,10H2,(H,21,22). The molecule has 0 aliphatic heterocycles. The van der Waals surface area contributed by atoms with Crippen LogP contribution in [0, 0.1) is 11.6 Å². The van der Waals surface area contributed by atoms with Crippen LogP contribution >= 0.6 is 15.9 Å². The number of benzene rings is 2. The molecule has 0 aliphatic rings. The van der Waals surface area contributed by atoms with E-state index >= 15 is 0 Å². The second kappa shape index (κ2) is 8.54. The number of halogens is 3. The van der Waals surface area contributed by atoms with Gasteiger partial charge in [-0.15, -0.1) is 0 Å². The first-order chi connectivity index (χ1) is 11.5. The van der Waals surface area contributed by atoms with Gasteiger partial charge in [0.1, 0.15) is 11.6 Å². The normalized spacial score (nSPS) is 10.3. The van der Waals surface area contributed by atoms with Crippen molar-refractivity contribution in [2.45, 2.75) is 6.42 Å². The summed E-state index contributed by atoms with van der Waals surface area (Å²) in [6, 6.07) is 10.1. The third-order valence-electron chi connectivity index (χ3n) is 3.16. The maximum absolute atomic E-state index is 13.6. The molecule has 0 aromatic heterocycles. The molecule has 126 valence electrons.